The van der Waals surface area contributed by atoms with Gasteiger partial charge in [0.15, 0.2) is 0 Å². The van der Waals surface area contributed by atoms with Crippen molar-refractivity contribution >= 4 is 67.5 Å². The number of aliphatic hydroxyl groups is 1. The summed E-state index contributed by atoms with van der Waals surface area (Å²) in [5, 5.41) is 18.3. The van der Waals surface area contributed by atoms with Gasteiger partial charge < -0.3 is 40.5 Å². The van der Waals surface area contributed by atoms with Crippen LogP contribution in [0.15, 0.2) is 54.6 Å². The fourth-order valence-electron chi connectivity index (χ4n) is 7.84. The fourth-order valence-corrected chi connectivity index (χ4v) is 7.84. The Labute approximate surface area is 275 Å². The van der Waals surface area contributed by atoms with Crippen molar-refractivity contribution in [2.45, 2.75) is 32.1 Å². The SMILES string of the molecule is O=C(NCCCCO)c1cc2c3c(ccc2[nH]1)N(C(=O)c1cc2c4c(ccc2[nH]1)N(C(=O)c1cc2c5c(ccc2[nH]1)NCC5)CC4)CC3. The number of aromatic nitrogens is 3. The number of unbranched alkanes of at least 4 members (excludes halogenated alkanes) is 1. The van der Waals surface area contributed by atoms with Crippen LogP contribution in [0.3, 0.4) is 0 Å². The van der Waals surface area contributed by atoms with Gasteiger partial charge >= 0.3 is 0 Å². The fraction of sp³-hybridized carbons (Fsp3) is 0.270. The van der Waals surface area contributed by atoms with Crippen LogP contribution in [-0.2, 0) is 19.3 Å². The molecule has 0 fully saturated rings. The standard InChI is InChI=1S/C37H35N7O4/c45-16-2-1-12-39-35(46)30-17-24-21-10-14-43(33(21)7-5-28(24)40-30)37(48)32-19-25-22-11-15-44(34(22)8-6-29(25)42-32)36(47)31-18-23-20-9-13-38-26(20)3-4-27(23)41-31/h3-8,17-19,38,40-42,45H,1-2,9-16H2,(H,39,46). The van der Waals surface area contributed by atoms with E-state index in [0.717, 1.165) is 73.9 Å². The summed E-state index contributed by atoms with van der Waals surface area (Å²) in [5.41, 5.74) is 10.5. The van der Waals surface area contributed by atoms with Gasteiger partial charge in [-0.05, 0) is 103 Å². The number of benzene rings is 3. The molecule has 3 aromatic carbocycles. The Morgan fingerprint density at radius 1 is 0.667 bits per heavy atom. The van der Waals surface area contributed by atoms with E-state index >= 15 is 0 Å². The highest BCUT2D eigenvalue weighted by atomic mass is 16.3. The number of hydrogen-bond acceptors (Lipinski definition) is 5. The second-order valence-corrected chi connectivity index (χ2v) is 12.9. The number of hydrogen-bond donors (Lipinski definition) is 6. The molecule has 6 aromatic rings. The Kier molecular flexibility index (Phi) is 6.58. The van der Waals surface area contributed by atoms with Gasteiger partial charge in [0, 0.05) is 82.6 Å². The van der Waals surface area contributed by atoms with E-state index in [9.17, 15) is 14.4 Å². The van der Waals surface area contributed by atoms with E-state index in [1.807, 2.05) is 53.4 Å². The number of fused-ring (bicyclic) bond motifs is 9. The number of H-pyrrole nitrogens is 3. The number of nitrogens with one attached hydrogen (secondary N) is 5. The van der Waals surface area contributed by atoms with E-state index in [1.54, 1.807) is 4.90 Å². The zero-order chi connectivity index (χ0) is 32.5. The lowest BCUT2D eigenvalue weighted by molar-refractivity contribution is 0.0945. The molecule has 11 nitrogen and oxygen atoms in total. The Morgan fingerprint density at radius 3 is 1.81 bits per heavy atom. The summed E-state index contributed by atoms with van der Waals surface area (Å²) in [6.07, 6.45) is 3.70. The molecule has 3 amide bonds. The predicted molar refractivity (Wildman–Crippen MR) is 187 cm³/mol. The molecular formula is C37H35N7O4. The first-order valence-electron chi connectivity index (χ1n) is 16.7. The summed E-state index contributed by atoms with van der Waals surface area (Å²) < 4.78 is 0. The van der Waals surface area contributed by atoms with Crippen molar-refractivity contribution in [1.29, 1.82) is 0 Å². The van der Waals surface area contributed by atoms with Gasteiger partial charge in [0.2, 0.25) is 0 Å². The van der Waals surface area contributed by atoms with Crippen LogP contribution in [0.1, 0.15) is 61.0 Å². The third kappa shape index (κ3) is 4.41. The maximum atomic E-state index is 14.0. The Morgan fingerprint density at radius 2 is 1.21 bits per heavy atom. The quantitative estimate of drug-likeness (QED) is 0.136. The zero-order valence-electron chi connectivity index (χ0n) is 26.3. The average molecular weight is 642 g/mol. The minimum absolute atomic E-state index is 0.0528. The third-order valence-corrected chi connectivity index (χ3v) is 10.2. The number of anilines is 3. The van der Waals surface area contributed by atoms with Gasteiger partial charge in [0.05, 0.1) is 0 Å². The van der Waals surface area contributed by atoms with Crippen molar-refractivity contribution in [3.8, 4) is 0 Å². The predicted octanol–water partition coefficient (Wildman–Crippen LogP) is 5.01. The second kappa shape index (κ2) is 11.0. The molecule has 0 saturated heterocycles. The second-order valence-electron chi connectivity index (χ2n) is 12.9. The van der Waals surface area contributed by atoms with Crippen LogP contribution in [0.4, 0.5) is 17.1 Å². The highest BCUT2D eigenvalue weighted by Crippen LogP contribution is 2.39. The van der Waals surface area contributed by atoms with Gasteiger partial charge in [-0.2, -0.15) is 0 Å². The van der Waals surface area contributed by atoms with Gasteiger partial charge in [-0.25, -0.2) is 0 Å². The van der Waals surface area contributed by atoms with Crippen LogP contribution in [0.5, 0.6) is 0 Å². The summed E-state index contributed by atoms with van der Waals surface area (Å²) in [7, 11) is 0. The van der Waals surface area contributed by atoms with Crippen molar-refractivity contribution in [3.05, 3.63) is 88.4 Å². The normalized spacial score (nSPS) is 14.9. The Bertz CT molecular complexity index is 2310. The van der Waals surface area contributed by atoms with Gasteiger partial charge in [-0.1, -0.05) is 0 Å². The molecule has 0 radical (unpaired) electrons. The van der Waals surface area contributed by atoms with Crippen molar-refractivity contribution in [2.75, 3.05) is 47.9 Å². The number of carbonyl (C=O) groups is 3. The van der Waals surface area contributed by atoms with Crippen LogP contribution >= 0.6 is 0 Å². The van der Waals surface area contributed by atoms with Crippen LogP contribution in [0, 0.1) is 0 Å². The zero-order valence-corrected chi connectivity index (χ0v) is 26.3. The average Bonchev–Trinajstić information content (AvgIpc) is 3.94. The summed E-state index contributed by atoms with van der Waals surface area (Å²) in [5.74, 6) is -0.346. The Balaban J connectivity index is 0.970. The molecule has 3 aliphatic rings. The van der Waals surface area contributed by atoms with E-state index in [0.29, 0.717) is 62.4 Å². The molecule has 0 atom stereocenters. The molecular weight excluding hydrogens is 606 g/mol. The molecule has 0 aliphatic carbocycles. The molecule has 11 heteroatoms. The minimum atomic E-state index is -0.184. The molecule has 0 saturated carbocycles. The summed E-state index contributed by atoms with van der Waals surface area (Å²) in [6, 6.07) is 17.7. The molecule has 242 valence electrons. The lowest BCUT2D eigenvalue weighted by Crippen LogP contribution is -2.29. The molecule has 3 aliphatic heterocycles. The largest absolute Gasteiger partial charge is 0.396 e. The molecule has 3 aromatic heterocycles. The number of carbonyl (C=O) groups excluding carboxylic acids is 3. The summed E-state index contributed by atoms with van der Waals surface area (Å²) in [4.78, 5) is 54.0. The smallest absolute Gasteiger partial charge is 0.274 e. The summed E-state index contributed by atoms with van der Waals surface area (Å²) >= 11 is 0. The maximum Gasteiger partial charge on any atom is 0.274 e. The lowest BCUT2D eigenvalue weighted by atomic mass is 10.1. The van der Waals surface area contributed by atoms with Gasteiger partial charge in [0.1, 0.15) is 17.1 Å². The molecule has 6 heterocycles. The van der Waals surface area contributed by atoms with Crippen LogP contribution in [-0.4, -0.2) is 70.6 Å². The van der Waals surface area contributed by atoms with Gasteiger partial charge in [-0.15, -0.1) is 0 Å². The molecule has 0 unspecified atom stereocenters. The molecule has 6 N–H and O–H groups in total. The topological polar surface area (TPSA) is 149 Å². The molecule has 48 heavy (non-hydrogen) atoms. The molecule has 0 bridgehead atoms. The van der Waals surface area contributed by atoms with Crippen molar-refractivity contribution in [2.24, 2.45) is 0 Å². The third-order valence-electron chi connectivity index (χ3n) is 10.2. The molecule has 0 spiro atoms. The molecule has 9 rings (SSSR count). The minimum Gasteiger partial charge on any atom is -0.396 e. The first kappa shape index (κ1) is 28.7. The van der Waals surface area contributed by atoms with E-state index in [4.69, 9.17) is 5.11 Å². The van der Waals surface area contributed by atoms with Crippen molar-refractivity contribution < 1.29 is 19.5 Å². The van der Waals surface area contributed by atoms with E-state index < -0.39 is 0 Å². The highest BCUT2D eigenvalue weighted by molar-refractivity contribution is 6.13. The monoisotopic (exact) mass is 641 g/mol. The summed E-state index contributed by atoms with van der Waals surface area (Å²) in [6.45, 7) is 2.64. The van der Waals surface area contributed by atoms with Crippen LogP contribution in [0.25, 0.3) is 32.7 Å². The number of aromatic amines is 3. The van der Waals surface area contributed by atoms with E-state index in [2.05, 4.69) is 31.7 Å². The Hall–Kier alpha value is -5.55. The number of amides is 3. The lowest BCUT2D eigenvalue weighted by Gasteiger charge is -2.16. The number of aliphatic hydroxyl groups excluding tert-OH is 1. The first-order chi connectivity index (χ1) is 23.5. The van der Waals surface area contributed by atoms with Gasteiger partial charge in [-0.3, -0.25) is 14.4 Å². The van der Waals surface area contributed by atoms with Crippen LogP contribution < -0.4 is 20.4 Å². The first-order valence-corrected chi connectivity index (χ1v) is 16.7. The van der Waals surface area contributed by atoms with E-state index in [1.165, 1.54) is 5.56 Å². The maximum absolute atomic E-state index is 14.0. The van der Waals surface area contributed by atoms with Crippen LogP contribution in [0.2, 0.25) is 0 Å². The van der Waals surface area contributed by atoms with Gasteiger partial charge in [0.25, 0.3) is 17.7 Å². The van der Waals surface area contributed by atoms with Crippen molar-refractivity contribution in [3.63, 3.8) is 0 Å². The van der Waals surface area contributed by atoms with E-state index in [-0.39, 0.29) is 24.3 Å². The van der Waals surface area contributed by atoms with Crippen molar-refractivity contribution in [1.82, 2.24) is 20.3 Å². The number of nitrogens with zero attached hydrogens (tertiary/aromatic N) is 2. The highest BCUT2D eigenvalue weighted by Gasteiger charge is 2.32. The number of rotatable bonds is 7.